The van der Waals surface area contributed by atoms with Crippen molar-refractivity contribution in [1.82, 2.24) is 9.55 Å². The van der Waals surface area contributed by atoms with Gasteiger partial charge in [-0.15, -0.1) is 6.42 Å². The summed E-state index contributed by atoms with van der Waals surface area (Å²) in [6.45, 7) is 0.0295. The average molecular weight is 431 g/mol. The highest BCUT2D eigenvalue weighted by atomic mass is 32.2. The first kappa shape index (κ1) is 20.6. The summed E-state index contributed by atoms with van der Waals surface area (Å²) in [7, 11) is -3.91. The van der Waals surface area contributed by atoms with Gasteiger partial charge in [-0.2, -0.15) is 0 Å². The van der Waals surface area contributed by atoms with Crippen molar-refractivity contribution in [2.45, 2.75) is 17.5 Å². The summed E-state index contributed by atoms with van der Waals surface area (Å²) in [5, 5.41) is -0.132. The van der Waals surface area contributed by atoms with E-state index in [1.165, 1.54) is 18.2 Å². The predicted molar refractivity (Wildman–Crippen MR) is 119 cm³/mol. The summed E-state index contributed by atoms with van der Waals surface area (Å²) in [4.78, 5) is 4.55. The molecule has 0 aliphatic rings. The fourth-order valence-corrected chi connectivity index (χ4v) is 4.97. The van der Waals surface area contributed by atoms with E-state index in [1.807, 2.05) is 60.7 Å². The number of aromatic nitrogens is 2. The highest BCUT2D eigenvalue weighted by Crippen LogP contribution is 2.35. The maximum atomic E-state index is 13.6. The Morgan fingerprint density at radius 3 is 2.16 bits per heavy atom. The molecule has 0 fully saturated rings. The fraction of sp³-hybridized carbons (Fsp3) is 0.0800. The van der Waals surface area contributed by atoms with Crippen LogP contribution in [0, 0.1) is 18.2 Å². The summed E-state index contributed by atoms with van der Waals surface area (Å²) in [6.07, 6.45) is 5.60. The number of halogens is 1. The SMILES string of the molecule is C#CCn1c(S(=O)(=O)Cc2cccc(F)c2)nc(-c2ccccc2)c1-c1ccccc1. The Bertz CT molecular complexity index is 1360. The first-order valence-corrected chi connectivity index (χ1v) is 11.3. The van der Waals surface area contributed by atoms with Crippen LogP contribution in [0.4, 0.5) is 4.39 Å². The van der Waals surface area contributed by atoms with Crippen molar-refractivity contribution in [3.8, 4) is 34.9 Å². The Kier molecular flexibility index (Phi) is 5.70. The molecule has 0 spiro atoms. The Morgan fingerprint density at radius 1 is 0.903 bits per heavy atom. The number of hydrogen-bond acceptors (Lipinski definition) is 3. The Balaban J connectivity index is 1.94. The number of rotatable bonds is 6. The van der Waals surface area contributed by atoms with E-state index in [2.05, 4.69) is 10.9 Å². The molecule has 0 saturated carbocycles. The molecule has 31 heavy (non-hydrogen) atoms. The van der Waals surface area contributed by atoms with Crippen LogP contribution >= 0.6 is 0 Å². The van der Waals surface area contributed by atoms with Gasteiger partial charge in [0, 0.05) is 11.1 Å². The third kappa shape index (κ3) is 4.27. The largest absolute Gasteiger partial charge is 0.302 e. The molecule has 0 saturated heterocycles. The topological polar surface area (TPSA) is 52.0 Å². The smallest absolute Gasteiger partial charge is 0.229 e. The fourth-order valence-electron chi connectivity index (χ4n) is 3.50. The van der Waals surface area contributed by atoms with E-state index >= 15 is 0 Å². The van der Waals surface area contributed by atoms with Gasteiger partial charge in [0.15, 0.2) is 0 Å². The molecule has 6 heteroatoms. The van der Waals surface area contributed by atoms with E-state index < -0.39 is 15.7 Å². The van der Waals surface area contributed by atoms with Crippen LogP contribution in [0.1, 0.15) is 5.56 Å². The second-order valence-electron chi connectivity index (χ2n) is 7.00. The molecule has 0 amide bonds. The van der Waals surface area contributed by atoms with Crippen LogP contribution in [0.25, 0.3) is 22.5 Å². The molecule has 4 rings (SSSR count). The molecule has 0 aliphatic carbocycles. The zero-order valence-corrected chi connectivity index (χ0v) is 17.4. The Morgan fingerprint density at radius 2 is 1.55 bits per heavy atom. The monoisotopic (exact) mass is 430 g/mol. The Hall–Kier alpha value is -3.69. The first-order chi connectivity index (χ1) is 15.0. The van der Waals surface area contributed by atoms with Gasteiger partial charge in [0.1, 0.15) is 5.82 Å². The van der Waals surface area contributed by atoms with Crippen molar-refractivity contribution in [2.24, 2.45) is 0 Å². The minimum absolute atomic E-state index is 0.0295. The highest BCUT2D eigenvalue weighted by Gasteiger charge is 2.28. The molecule has 154 valence electrons. The molecule has 4 aromatic rings. The van der Waals surface area contributed by atoms with Crippen molar-refractivity contribution in [3.05, 3.63) is 96.3 Å². The van der Waals surface area contributed by atoms with Crippen molar-refractivity contribution in [1.29, 1.82) is 0 Å². The lowest BCUT2D eigenvalue weighted by molar-refractivity contribution is 0.575. The van der Waals surface area contributed by atoms with Crippen LogP contribution in [0.3, 0.4) is 0 Å². The van der Waals surface area contributed by atoms with Gasteiger partial charge in [-0.3, -0.25) is 0 Å². The van der Waals surface area contributed by atoms with E-state index in [0.29, 0.717) is 17.0 Å². The first-order valence-electron chi connectivity index (χ1n) is 9.61. The van der Waals surface area contributed by atoms with Crippen molar-refractivity contribution in [3.63, 3.8) is 0 Å². The maximum absolute atomic E-state index is 13.6. The van der Waals surface area contributed by atoms with Crippen LogP contribution < -0.4 is 0 Å². The predicted octanol–water partition coefficient (Wildman–Crippen LogP) is 4.96. The molecule has 0 N–H and O–H groups in total. The van der Waals surface area contributed by atoms with E-state index in [4.69, 9.17) is 6.42 Å². The van der Waals surface area contributed by atoms with Gasteiger partial charge >= 0.3 is 0 Å². The molecule has 0 atom stereocenters. The third-order valence-electron chi connectivity index (χ3n) is 4.80. The van der Waals surface area contributed by atoms with Crippen molar-refractivity contribution >= 4 is 9.84 Å². The van der Waals surface area contributed by atoms with Crippen LogP contribution in [-0.2, 0) is 22.1 Å². The van der Waals surface area contributed by atoms with Crippen LogP contribution in [-0.4, -0.2) is 18.0 Å². The summed E-state index contributed by atoms with van der Waals surface area (Å²) in [5.74, 6) is 1.67. The maximum Gasteiger partial charge on any atom is 0.229 e. The minimum atomic E-state index is -3.91. The van der Waals surface area contributed by atoms with Crippen LogP contribution in [0.15, 0.2) is 90.1 Å². The third-order valence-corrected chi connectivity index (χ3v) is 6.38. The van der Waals surface area contributed by atoms with Crippen LogP contribution in [0.2, 0.25) is 0 Å². The number of sulfone groups is 1. The lowest BCUT2D eigenvalue weighted by atomic mass is 10.0. The second-order valence-corrected chi connectivity index (χ2v) is 8.89. The standard InChI is InChI=1S/C25H19FN2O2S/c1-2-16-28-24(21-13-7-4-8-14-21)23(20-11-5-3-6-12-20)27-25(28)31(29,30)18-19-10-9-15-22(26)17-19/h1,3-15,17H,16,18H2. The summed E-state index contributed by atoms with van der Waals surface area (Å²) < 4.78 is 41.9. The molecular weight excluding hydrogens is 411 g/mol. The average Bonchev–Trinajstić information content (AvgIpc) is 3.15. The van der Waals surface area contributed by atoms with E-state index in [9.17, 15) is 12.8 Å². The van der Waals surface area contributed by atoms with Gasteiger partial charge in [0.25, 0.3) is 0 Å². The number of hydrogen-bond donors (Lipinski definition) is 0. The molecular formula is C25H19FN2O2S. The van der Waals surface area contributed by atoms with E-state index in [0.717, 1.165) is 11.1 Å². The second kappa shape index (κ2) is 8.58. The van der Waals surface area contributed by atoms with E-state index in [1.54, 1.807) is 10.6 Å². The number of nitrogens with zero attached hydrogens (tertiary/aromatic N) is 2. The van der Waals surface area contributed by atoms with Gasteiger partial charge < -0.3 is 4.57 Å². The van der Waals surface area contributed by atoms with E-state index in [-0.39, 0.29) is 17.5 Å². The highest BCUT2D eigenvalue weighted by molar-refractivity contribution is 7.90. The van der Waals surface area contributed by atoms with Gasteiger partial charge in [0.2, 0.25) is 15.0 Å². The number of imidazole rings is 1. The van der Waals surface area contributed by atoms with Gasteiger partial charge in [-0.25, -0.2) is 17.8 Å². The van der Waals surface area contributed by atoms with Gasteiger partial charge in [0.05, 0.1) is 23.7 Å². The molecule has 1 heterocycles. The number of benzene rings is 3. The van der Waals surface area contributed by atoms with Gasteiger partial charge in [-0.05, 0) is 17.7 Å². The lowest BCUT2D eigenvalue weighted by Crippen LogP contribution is -2.13. The quantitative estimate of drug-likeness (QED) is 0.406. The molecule has 0 aliphatic heterocycles. The van der Waals surface area contributed by atoms with Crippen molar-refractivity contribution in [2.75, 3.05) is 0 Å². The molecule has 3 aromatic carbocycles. The summed E-state index contributed by atoms with van der Waals surface area (Å²) in [5.41, 5.74) is 3.08. The summed E-state index contributed by atoms with van der Waals surface area (Å²) in [6, 6.07) is 24.3. The molecule has 0 bridgehead atoms. The molecule has 0 radical (unpaired) electrons. The Labute approximate surface area is 180 Å². The molecule has 1 aromatic heterocycles. The normalized spacial score (nSPS) is 11.2. The zero-order chi connectivity index (χ0) is 21.8. The lowest BCUT2D eigenvalue weighted by Gasteiger charge is -2.11. The van der Waals surface area contributed by atoms with Crippen molar-refractivity contribution < 1.29 is 12.8 Å². The molecule has 0 unspecified atom stereocenters. The number of terminal acetylenes is 1. The van der Waals surface area contributed by atoms with Gasteiger partial charge in [-0.1, -0.05) is 78.7 Å². The zero-order valence-electron chi connectivity index (χ0n) is 16.6. The summed E-state index contributed by atoms with van der Waals surface area (Å²) >= 11 is 0. The minimum Gasteiger partial charge on any atom is -0.302 e. The van der Waals surface area contributed by atoms with Crippen LogP contribution in [0.5, 0.6) is 0 Å². The molecule has 4 nitrogen and oxygen atoms in total.